The number of halogens is 3. The first-order valence-electron chi connectivity index (χ1n) is 11.3. The number of ether oxygens (including phenoxy) is 1. The number of benzene rings is 1. The molecular formula is C24H20Cl2FN5O5S. The minimum Gasteiger partial charge on any atom is -0.480 e. The fraction of sp³-hybridized carbons (Fsp3) is 0.250. The van der Waals surface area contributed by atoms with Crippen molar-refractivity contribution >= 4 is 49.8 Å². The van der Waals surface area contributed by atoms with E-state index in [0.717, 1.165) is 10.6 Å². The molecule has 4 aromatic rings. The van der Waals surface area contributed by atoms with Crippen molar-refractivity contribution in [1.82, 2.24) is 19.1 Å². The van der Waals surface area contributed by atoms with Crippen LogP contribution in [0.25, 0.3) is 22.3 Å². The highest BCUT2D eigenvalue weighted by atomic mass is 35.5. The number of hydrogen-bond acceptors (Lipinski definition) is 8. The summed E-state index contributed by atoms with van der Waals surface area (Å²) in [4.78, 5) is 37.8. The van der Waals surface area contributed by atoms with Gasteiger partial charge in [0.15, 0.2) is 9.84 Å². The molecule has 3 aromatic heterocycles. The van der Waals surface area contributed by atoms with Crippen LogP contribution in [0.15, 0.2) is 52.3 Å². The van der Waals surface area contributed by atoms with Crippen LogP contribution < -0.4 is 20.9 Å². The number of fused-ring (bicyclic) bond motifs is 1. The molecule has 1 saturated heterocycles. The zero-order valence-electron chi connectivity index (χ0n) is 20.1. The molecule has 0 bridgehead atoms. The summed E-state index contributed by atoms with van der Waals surface area (Å²) in [6, 6.07) is 6.60. The van der Waals surface area contributed by atoms with Crippen molar-refractivity contribution in [2.45, 2.75) is 11.7 Å². The molecule has 0 aliphatic carbocycles. The van der Waals surface area contributed by atoms with Gasteiger partial charge in [0, 0.05) is 31.6 Å². The summed E-state index contributed by atoms with van der Waals surface area (Å²) in [6.45, 7) is 0.565. The summed E-state index contributed by atoms with van der Waals surface area (Å²) in [6.07, 6.45) is 4.22. The van der Waals surface area contributed by atoms with Gasteiger partial charge in [0.1, 0.15) is 17.0 Å². The van der Waals surface area contributed by atoms with Crippen LogP contribution in [0.2, 0.25) is 10.0 Å². The minimum absolute atomic E-state index is 0.0462. The Labute approximate surface area is 225 Å². The average Bonchev–Trinajstić information content (AvgIpc) is 3.37. The van der Waals surface area contributed by atoms with E-state index in [0.29, 0.717) is 18.8 Å². The van der Waals surface area contributed by atoms with Crippen LogP contribution in [0, 0.1) is 5.82 Å². The molecule has 0 radical (unpaired) electrons. The normalized spacial score (nSPS) is 15.8. The van der Waals surface area contributed by atoms with Crippen molar-refractivity contribution in [3.8, 4) is 17.3 Å². The molecule has 10 nitrogen and oxygen atoms in total. The van der Waals surface area contributed by atoms with E-state index in [2.05, 4.69) is 9.97 Å². The molecule has 0 amide bonds. The summed E-state index contributed by atoms with van der Waals surface area (Å²) < 4.78 is 45.8. The fourth-order valence-electron chi connectivity index (χ4n) is 4.50. The number of hydrogen-bond donors (Lipinski definition) is 0. The first-order valence-corrected chi connectivity index (χ1v) is 14.0. The largest absolute Gasteiger partial charge is 0.480 e. The van der Waals surface area contributed by atoms with Gasteiger partial charge in [-0.3, -0.25) is 14.3 Å². The van der Waals surface area contributed by atoms with Crippen LogP contribution in [-0.2, 0) is 9.84 Å². The van der Waals surface area contributed by atoms with Crippen molar-refractivity contribution in [2.24, 2.45) is 0 Å². The second kappa shape index (κ2) is 9.68. The lowest BCUT2D eigenvalue weighted by atomic mass is 10.2. The van der Waals surface area contributed by atoms with E-state index in [4.69, 9.17) is 27.9 Å². The average molecular weight is 580 g/mol. The van der Waals surface area contributed by atoms with Crippen molar-refractivity contribution < 1.29 is 17.5 Å². The van der Waals surface area contributed by atoms with Crippen molar-refractivity contribution in [3.63, 3.8) is 0 Å². The van der Waals surface area contributed by atoms with Gasteiger partial charge >= 0.3 is 5.69 Å². The third kappa shape index (κ3) is 4.52. The quantitative estimate of drug-likeness (QED) is 0.354. The molecule has 1 aromatic carbocycles. The van der Waals surface area contributed by atoms with E-state index in [1.54, 1.807) is 4.90 Å². The molecular weight excluding hydrogens is 560 g/mol. The maximum Gasteiger partial charge on any atom is 0.340 e. The van der Waals surface area contributed by atoms with E-state index in [9.17, 15) is 22.4 Å². The molecule has 1 fully saturated rings. The third-order valence-corrected chi connectivity index (χ3v) is 8.46. The molecule has 4 heterocycles. The Bertz CT molecular complexity index is 1830. The number of rotatable bonds is 5. The molecule has 0 spiro atoms. The second-order valence-electron chi connectivity index (χ2n) is 8.79. The number of aromatic nitrogens is 4. The van der Waals surface area contributed by atoms with E-state index >= 15 is 0 Å². The molecule has 38 heavy (non-hydrogen) atoms. The van der Waals surface area contributed by atoms with Gasteiger partial charge in [-0.25, -0.2) is 22.2 Å². The van der Waals surface area contributed by atoms with Gasteiger partial charge in [0.2, 0.25) is 5.88 Å². The Morgan fingerprint density at radius 1 is 1.08 bits per heavy atom. The summed E-state index contributed by atoms with van der Waals surface area (Å²) in [5, 5.41) is -0.677. The highest BCUT2D eigenvalue weighted by molar-refractivity contribution is 7.91. The van der Waals surface area contributed by atoms with Gasteiger partial charge in [-0.15, -0.1) is 0 Å². The van der Waals surface area contributed by atoms with E-state index in [1.807, 2.05) is 0 Å². The molecule has 0 N–H and O–H groups in total. The van der Waals surface area contributed by atoms with Gasteiger partial charge in [0.05, 0.1) is 45.5 Å². The van der Waals surface area contributed by atoms with Gasteiger partial charge in [-0.05, 0) is 30.7 Å². The summed E-state index contributed by atoms with van der Waals surface area (Å²) >= 11 is 12.1. The molecule has 1 aliphatic rings. The van der Waals surface area contributed by atoms with Gasteiger partial charge in [0.25, 0.3) is 5.56 Å². The zero-order chi connectivity index (χ0) is 27.4. The van der Waals surface area contributed by atoms with Gasteiger partial charge in [-0.1, -0.05) is 23.2 Å². The highest BCUT2D eigenvalue weighted by Gasteiger charge is 2.32. The predicted molar refractivity (Wildman–Crippen MR) is 143 cm³/mol. The monoisotopic (exact) mass is 579 g/mol. The number of nitrogens with zero attached hydrogens (tertiary/aromatic N) is 5. The molecule has 5 rings (SSSR count). The number of methoxy groups -OCH3 is 1. The Hall–Kier alpha value is -3.48. The summed E-state index contributed by atoms with van der Waals surface area (Å²) in [5.41, 5.74) is -1.17. The number of anilines is 1. The lowest BCUT2D eigenvalue weighted by Crippen LogP contribution is -2.39. The first kappa shape index (κ1) is 26.1. The van der Waals surface area contributed by atoms with E-state index in [-0.39, 0.29) is 44.7 Å². The summed E-state index contributed by atoms with van der Waals surface area (Å²) in [7, 11) is -1.97. The van der Waals surface area contributed by atoms with Crippen LogP contribution >= 0.6 is 23.2 Å². The zero-order valence-corrected chi connectivity index (χ0v) is 22.4. The minimum atomic E-state index is -3.29. The molecule has 1 unspecified atom stereocenters. The highest BCUT2D eigenvalue weighted by Crippen LogP contribution is 2.30. The Balaban J connectivity index is 1.86. The molecule has 1 aliphatic heterocycles. The molecule has 0 saturated carbocycles. The Morgan fingerprint density at radius 3 is 2.47 bits per heavy atom. The number of pyridine rings is 2. The van der Waals surface area contributed by atoms with Gasteiger partial charge in [-0.2, -0.15) is 4.98 Å². The van der Waals surface area contributed by atoms with E-state index in [1.165, 1.54) is 54.6 Å². The van der Waals surface area contributed by atoms with Crippen molar-refractivity contribution in [2.75, 3.05) is 31.4 Å². The van der Waals surface area contributed by atoms with Crippen molar-refractivity contribution in [1.29, 1.82) is 0 Å². The van der Waals surface area contributed by atoms with E-state index < -0.39 is 32.2 Å². The second-order valence-corrected chi connectivity index (χ2v) is 12.0. The lowest BCUT2D eigenvalue weighted by molar-refractivity contribution is 0.402. The van der Waals surface area contributed by atoms with Crippen LogP contribution in [0.5, 0.6) is 5.88 Å². The van der Waals surface area contributed by atoms with Crippen molar-refractivity contribution in [3.05, 3.63) is 79.4 Å². The van der Waals surface area contributed by atoms with Crippen LogP contribution in [0.4, 0.5) is 10.2 Å². The smallest absolute Gasteiger partial charge is 0.340 e. The first-order chi connectivity index (χ1) is 18.0. The summed E-state index contributed by atoms with van der Waals surface area (Å²) in [5.74, 6) is -0.469. The standard InChI is InChI=1S/C24H20Cl2FN5O5S/c1-37-22-21-19(9-20(29-22)30-6-5-16(12-30)38(2,35)36)31(14-3-4-18(27)17(26)8-14)24(34)32(23(21)33)15-7-13(25)10-28-11-15/h3-4,7-11,16H,5-6,12H2,1-2H3. The Morgan fingerprint density at radius 2 is 1.84 bits per heavy atom. The SMILES string of the molecule is COc1nc(N2CCC(S(C)(=O)=O)C2)cc2c1c(=O)n(-c1cncc(Cl)c1)c(=O)n2-c1ccc(F)c(Cl)c1. The predicted octanol–water partition coefficient (Wildman–Crippen LogP) is 3.01. The topological polar surface area (TPSA) is 116 Å². The Kier molecular flexibility index (Phi) is 6.66. The van der Waals surface area contributed by atoms with Crippen LogP contribution in [0.1, 0.15) is 6.42 Å². The third-order valence-electron chi connectivity index (χ3n) is 6.37. The van der Waals surface area contributed by atoms with Crippen LogP contribution in [-0.4, -0.2) is 59.2 Å². The maximum absolute atomic E-state index is 14.0. The maximum atomic E-state index is 14.0. The molecule has 198 valence electrons. The lowest BCUT2D eigenvalue weighted by Gasteiger charge is -2.21. The number of sulfone groups is 1. The fourth-order valence-corrected chi connectivity index (χ4v) is 5.82. The van der Waals surface area contributed by atoms with Crippen LogP contribution in [0.3, 0.4) is 0 Å². The molecule has 1 atom stereocenters. The van der Waals surface area contributed by atoms with Gasteiger partial charge < -0.3 is 9.64 Å². The molecule has 14 heteroatoms.